The Morgan fingerprint density at radius 1 is 1.08 bits per heavy atom. The van der Waals surface area contributed by atoms with Crippen molar-refractivity contribution in [1.29, 1.82) is 0 Å². The Bertz CT molecular complexity index is 846. The zero-order valence-corrected chi connectivity index (χ0v) is 14.6. The predicted octanol–water partition coefficient (Wildman–Crippen LogP) is 4.31. The van der Waals surface area contributed by atoms with E-state index < -0.39 is 0 Å². The Kier molecular flexibility index (Phi) is 4.38. The number of para-hydroxylation sites is 2. The maximum atomic E-state index is 12.8. The molecule has 0 fully saturated rings. The van der Waals surface area contributed by atoms with Gasteiger partial charge in [0.1, 0.15) is 5.82 Å². The van der Waals surface area contributed by atoms with Gasteiger partial charge in [-0.2, -0.15) is 0 Å². The number of benzene rings is 2. The van der Waals surface area contributed by atoms with Crippen LogP contribution < -0.4 is 5.32 Å². The fourth-order valence-electron chi connectivity index (χ4n) is 2.89. The van der Waals surface area contributed by atoms with Crippen molar-refractivity contribution in [2.24, 2.45) is 5.92 Å². The van der Waals surface area contributed by atoms with E-state index in [1.54, 1.807) is 0 Å². The van der Waals surface area contributed by atoms with Crippen molar-refractivity contribution in [1.82, 2.24) is 15.3 Å². The van der Waals surface area contributed by atoms with E-state index in [0.29, 0.717) is 0 Å². The Balaban J connectivity index is 1.91. The molecule has 0 aliphatic rings. The molecule has 1 aromatic heterocycles. The first-order chi connectivity index (χ1) is 11.5. The molecule has 0 aliphatic heterocycles. The lowest BCUT2D eigenvalue weighted by atomic mass is 10.00. The molecular weight excluding hydrogens is 298 g/mol. The number of aromatic amines is 1. The van der Waals surface area contributed by atoms with E-state index >= 15 is 0 Å². The van der Waals surface area contributed by atoms with Crippen LogP contribution >= 0.6 is 0 Å². The molecule has 0 saturated carbocycles. The van der Waals surface area contributed by atoms with Gasteiger partial charge in [0.25, 0.3) is 5.91 Å². The Hall–Kier alpha value is -2.62. The summed E-state index contributed by atoms with van der Waals surface area (Å²) in [5.41, 5.74) is 4.75. The Morgan fingerprint density at radius 3 is 2.54 bits per heavy atom. The number of nitrogens with one attached hydrogen (secondary N) is 2. The lowest BCUT2D eigenvalue weighted by molar-refractivity contribution is 0.0922. The van der Waals surface area contributed by atoms with Crippen molar-refractivity contribution in [2.45, 2.75) is 33.7 Å². The highest BCUT2D eigenvalue weighted by atomic mass is 16.1. The van der Waals surface area contributed by atoms with E-state index in [9.17, 15) is 4.79 Å². The Morgan fingerprint density at radius 2 is 1.83 bits per heavy atom. The molecule has 3 rings (SSSR count). The van der Waals surface area contributed by atoms with E-state index in [0.717, 1.165) is 33.5 Å². The third kappa shape index (κ3) is 3.04. The second kappa shape index (κ2) is 6.48. The average Bonchev–Trinajstić information content (AvgIpc) is 2.98. The van der Waals surface area contributed by atoms with E-state index in [-0.39, 0.29) is 17.9 Å². The third-order valence-electron chi connectivity index (χ3n) is 4.50. The van der Waals surface area contributed by atoms with Crippen molar-refractivity contribution >= 4 is 16.9 Å². The minimum Gasteiger partial charge on any atom is -0.342 e. The highest BCUT2D eigenvalue weighted by Crippen LogP contribution is 2.23. The monoisotopic (exact) mass is 321 g/mol. The minimum atomic E-state index is -0.162. The van der Waals surface area contributed by atoms with Gasteiger partial charge in [0, 0.05) is 5.56 Å². The molecule has 0 bridgehead atoms. The van der Waals surface area contributed by atoms with Crippen LogP contribution in [0.5, 0.6) is 0 Å². The molecule has 24 heavy (non-hydrogen) atoms. The van der Waals surface area contributed by atoms with E-state index in [1.165, 1.54) is 0 Å². The van der Waals surface area contributed by atoms with Gasteiger partial charge in [0.05, 0.1) is 17.1 Å². The topological polar surface area (TPSA) is 57.8 Å². The quantitative estimate of drug-likeness (QED) is 0.752. The summed E-state index contributed by atoms with van der Waals surface area (Å²) in [6.45, 7) is 8.17. The van der Waals surface area contributed by atoms with Crippen molar-refractivity contribution in [3.8, 4) is 0 Å². The minimum absolute atomic E-state index is 0.0599. The predicted molar refractivity (Wildman–Crippen MR) is 97.1 cm³/mol. The fraction of sp³-hybridized carbons (Fsp3) is 0.300. The van der Waals surface area contributed by atoms with Crippen LogP contribution in [-0.2, 0) is 0 Å². The smallest absolute Gasteiger partial charge is 0.252 e. The molecule has 1 heterocycles. The number of rotatable bonds is 4. The first kappa shape index (κ1) is 16.2. The number of hydrogen-bond donors (Lipinski definition) is 2. The number of aromatic nitrogens is 2. The molecule has 2 aromatic carbocycles. The van der Waals surface area contributed by atoms with Crippen LogP contribution in [0.25, 0.3) is 11.0 Å². The fourth-order valence-corrected chi connectivity index (χ4v) is 2.89. The van der Waals surface area contributed by atoms with Gasteiger partial charge in [-0.05, 0) is 49.1 Å². The van der Waals surface area contributed by atoms with Crippen molar-refractivity contribution < 1.29 is 4.79 Å². The number of hydrogen-bond acceptors (Lipinski definition) is 2. The van der Waals surface area contributed by atoms with Gasteiger partial charge >= 0.3 is 0 Å². The normalized spacial score (nSPS) is 12.5. The van der Waals surface area contributed by atoms with Gasteiger partial charge in [-0.25, -0.2) is 4.98 Å². The summed E-state index contributed by atoms with van der Waals surface area (Å²) in [6.07, 6.45) is 0. The summed E-state index contributed by atoms with van der Waals surface area (Å²) in [5.74, 6) is 0.958. The van der Waals surface area contributed by atoms with Gasteiger partial charge in [-0.1, -0.05) is 38.1 Å². The lowest BCUT2D eigenvalue weighted by Crippen LogP contribution is -2.33. The zero-order valence-electron chi connectivity index (χ0n) is 14.6. The highest BCUT2D eigenvalue weighted by molar-refractivity contribution is 5.96. The molecule has 0 radical (unpaired) electrons. The second-order valence-corrected chi connectivity index (χ2v) is 6.58. The number of fused-ring (bicyclic) bond motifs is 1. The number of carbonyl (C=O) groups excluding carboxylic acids is 1. The van der Waals surface area contributed by atoms with E-state index in [1.807, 2.05) is 56.3 Å². The zero-order chi connectivity index (χ0) is 17.3. The first-order valence-corrected chi connectivity index (χ1v) is 8.29. The van der Waals surface area contributed by atoms with Crippen LogP contribution in [0.4, 0.5) is 0 Å². The molecule has 0 aliphatic carbocycles. The number of H-pyrrole nitrogens is 1. The lowest BCUT2D eigenvalue weighted by Gasteiger charge is -2.21. The van der Waals surface area contributed by atoms with Crippen LogP contribution in [0.2, 0.25) is 0 Å². The van der Waals surface area contributed by atoms with E-state index in [2.05, 4.69) is 29.1 Å². The van der Waals surface area contributed by atoms with Crippen molar-refractivity contribution in [3.05, 3.63) is 65.0 Å². The van der Waals surface area contributed by atoms with Crippen molar-refractivity contribution in [2.75, 3.05) is 0 Å². The summed E-state index contributed by atoms with van der Waals surface area (Å²) in [7, 11) is 0. The molecule has 4 nitrogen and oxygen atoms in total. The van der Waals surface area contributed by atoms with Gasteiger partial charge in [-0.3, -0.25) is 4.79 Å². The van der Waals surface area contributed by atoms with E-state index in [4.69, 9.17) is 0 Å². The van der Waals surface area contributed by atoms with Crippen LogP contribution in [-0.4, -0.2) is 15.9 Å². The summed E-state index contributed by atoms with van der Waals surface area (Å²) < 4.78 is 0. The van der Waals surface area contributed by atoms with Crippen LogP contribution in [0.3, 0.4) is 0 Å². The molecule has 3 aromatic rings. The summed E-state index contributed by atoms with van der Waals surface area (Å²) in [5, 5.41) is 3.15. The molecule has 2 N–H and O–H groups in total. The van der Waals surface area contributed by atoms with Gasteiger partial charge < -0.3 is 10.3 Å². The SMILES string of the molecule is Cc1cccc(C(=O)NC(c2nc3ccccc3[nH]2)C(C)C)c1C. The molecule has 1 atom stereocenters. The van der Waals surface area contributed by atoms with Crippen molar-refractivity contribution in [3.63, 3.8) is 0 Å². The molecule has 4 heteroatoms. The molecule has 1 unspecified atom stereocenters. The average molecular weight is 321 g/mol. The largest absolute Gasteiger partial charge is 0.342 e. The van der Waals surface area contributed by atoms with Crippen LogP contribution in [0, 0.1) is 19.8 Å². The summed E-state index contributed by atoms with van der Waals surface area (Å²) in [6, 6.07) is 13.6. The number of aryl methyl sites for hydroxylation is 1. The van der Waals surface area contributed by atoms with Gasteiger partial charge in [0.15, 0.2) is 0 Å². The number of nitrogens with zero attached hydrogens (tertiary/aromatic N) is 1. The van der Waals surface area contributed by atoms with Gasteiger partial charge in [-0.15, -0.1) is 0 Å². The first-order valence-electron chi connectivity index (χ1n) is 8.29. The maximum absolute atomic E-state index is 12.8. The third-order valence-corrected chi connectivity index (χ3v) is 4.50. The number of amides is 1. The molecular formula is C20H23N3O. The molecule has 1 amide bonds. The standard InChI is InChI=1S/C20H23N3O/c1-12(2)18(19-21-16-10-5-6-11-17(16)22-19)23-20(24)15-9-7-8-13(3)14(15)4/h5-12,18H,1-4H3,(H,21,22)(H,23,24). The molecule has 0 saturated heterocycles. The van der Waals surface area contributed by atoms with Gasteiger partial charge in [0.2, 0.25) is 0 Å². The molecule has 0 spiro atoms. The summed E-state index contributed by atoms with van der Waals surface area (Å²) in [4.78, 5) is 20.8. The second-order valence-electron chi connectivity index (χ2n) is 6.58. The summed E-state index contributed by atoms with van der Waals surface area (Å²) >= 11 is 0. The number of carbonyl (C=O) groups is 1. The maximum Gasteiger partial charge on any atom is 0.252 e. The van der Waals surface area contributed by atoms with Crippen LogP contribution in [0.1, 0.15) is 47.2 Å². The Labute approximate surface area is 142 Å². The number of imidazole rings is 1. The highest BCUT2D eigenvalue weighted by Gasteiger charge is 2.23. The molecule has 124 valence electrons. The van der Waals surface area contributed by atoms with Crippen LogP contribution in [0.15, 0.2) is 42.5 Å².